The van der Waals surface area contributed by atoms with E-state index >= 15 is 0 Å². The minimum Gasteiger partial charge on any atom is -0.467 e. The lowest BCUT2D eigenvalue weighted by atomic mass is 9.96. The number of carbonyl (C=O) groups excluding carboxylic acids is 1. The molecule has 2 aromatic rings. The fourth-order valence-electron chi connectivity index (χ4n) is 4.12. The highest BCUT2D eigenvalue weighted by Crippen LogP contribution is 2.33. The third-order valence-electron chi connectivity index (χ3n) is 5.85. The van der Waals surface area contributed by atoms with Crippen molar-refractivity contribution in [1.29, 1.82) is 0 Å². The summed E-state index contributed by atoms with van der Waals surface area (Å²) in [6.07, 6.45) is 7.91. The van der Waals surface area contributed by atoms with Crippen LogP contribution in [0.25, 0.3) is 10.2 Å². The number of carbonyl (C=O) groups is 1. The van der Waals surface area contributed by atoms with Crippen LogP contribution >= 0.6 is 11.3 Å². The molecular formula is C21H29N3O2S. The highest BCUT2D eigenvalue weighted by Gasteiger charge is 2.26. The van der Waals surface area contributed by atoms with E-state index in [0.29, 0.717) is 6.04 Å². The number of likely N-dealkylation sites (tertiary alicyclic amines) is 1. The average molecular weight is 388 g/mol. The number of hydrogen-bond donors (Lipinski definition) is 1. The van der Waals surface area contributed by atoms with Gasteiger partial charge < -0.3 is 15.0 Å². The van der Waals surface area contributed by atoms with E-state index in [1.165, 1.54) is 35.1 Å². The Bertz CT molecular complexity index is 766. The Morgan fingerprint density at radius 2 is 1.81 bits per heavy atom. The Morgan fingerprint density at radius 1 is 1.11 bits per heavy atom. The lowest BCUT2D eigenvalue weighted by Crippen LogP contribution is -2.49. The first-order valence-corrected chi connectivity index (χ1v) is 11.0. The topological polar surface area (TPSA) is 54.5 Å². The minimum atomic E-state index is 0.103. The second-order valence-electron chi connectivity index (χ2n) is 7.95. The molecule has 1 aliphatic carbocycles. The summed E-state index contributed by atoms with van der Waals surface area (Å²) >= 11 is 1.64. The Hall–Kier alpha value is -1.82. The van der Waals surface area contributed by atoms with Crippen molar-refractivity contribution in [3.63, 3.8) is 0 Å². The van der Waals surface area contributed by atoms with E-state index < -0.39 is 0 Å². The Balaban J connectivity index is 1.31. The zero-order valence-electron chi connectivity index (χ0n) is 16.3. The van der Waals surface area contributed by atoms with Crippen molar-refractivity contribution < 1.29 is 9.53 Å². The van der Waals surface area contributed by atoms with Crippen molar-refractivity contribution in [3.8, 4) is 5.19 Å². The summed E-state index contributed by atoms with van der Waals surface area (Å²) in [6, 6.07) is 4.73. The van der Waals surface area contributed by atoms with Crippen molar-refractivity contribution in [1.82, 2.24) is 15.2 Å². The molecule has 0 unspecified atom stereocenters. The first kappa shape index (κ1) is 18.5. The van der Waals surface area contributed by atoms with Gasteiger partial charge in [0.15, 0.2) is 0 Å². The smallest absolute Gasteiger partial charge is 0.317 e. The zero-order valence-corrected chi connectivity index (χ0v) is 17.1. The third kappa shape index (κ3) is 4.21. The number of benzene rings is 1. The number of nitrogens with zero attached hydrogens (tertiary/aromatic N) is 2. The molecule has 1 aromatic heterocycles. The normalized spacial score (nSPS) is 19.4. The summed E-state index contributed by atoms with van der Waals surface area (Å²) in [4.78, 5) is 19.1. The molecule has 0 spiro atoms. The Kier molecular flexibility index (Phi) is 5.53. The minimum absolute atomic E-state index is 0.103. The van der Waals surface area contributed by atoms with Crippen LogP contribution in [0.1, 0.15) is 56.1 Å². The SMILES string of the molecule is Cc1ccc(C)c2sc(OC3CCN(C(=O)NC4CCCCC4)CC3)nc12. The summed E-state index contributed by atoms with van der Waals surface area (Å²) in [5.74, 6) is 0. The van der Waals surface area contributed by atoms with Crippen molar-refractivity contribution >= 4 is 27.6 Å². The van der Waals surface area contributed by atoms with Gasteiger partial charge in [-0.1, -0.05) is 42.7 Å². The van der Waals surface area contributed by atoms with E-state index in [9.17, 15) is 4.79 Å². The van der Waals surface area contributed by atoms with Crippen LogP contribution in [-0.2, 0) is 0 Å². The lowest BCUT2D eigenvalue weighted by Gasteiger charge is -2.33. The number of fused-ring (bicyclic) bond motifs is 1. The molecule has 4 rings (SSSR count). The van der Waals surface area contributed by atoms with Crippen LogP contribution in [0.3, 0.4) is 0 Å². The second kappa shape index (κ2) is 8.05. The van der Waals surface area contributed by atoms with E-state index in [-0.39, 0.29) is 12.1 Å². The average Bonchev–Trinajstić information content (AvgIpc) is 3.11. The predicted molar refractivity (Wildman–Crippen MR) is 110 cm³/mol. The molecule has 2 fully saturated rings. The van der Waals surface area contributed by atoms with Crippen LogP contribution in [-0.4, -0.2) is 41.2 Å². The third-order valence-corrected chi connectivity index (χ3v) is 6.93. The van der Waals surface area contributed by atoms with Gasteiger partial charge in [-0.3, -0.25) is 0 Å². The molecule has 0 bridgehead atoms. The maximum atomic E-state index is 12.5. The maximum absolute atomic E-state index is 12.5. The van der Waals surface area contributed by atoms with Crippen LogP contribution in [0.4, 0.5) is 4.79 Å². The molecule has 2 amide bonds. The number of thiazole rings is 1. The van der Waals surface area contributed by atoms with Gasteiger partial charge in [-0.05, 0) is 37.8 Å². The fourth-order valence-corrected chi connectivity index (χ4v) is 5.15. The van der Waals surface area contributed by atoms with Crippen molar-refractivity contribution in [2.45, 2.75) is 70.9 Å². The predicted octanol–water partition coefficient (Wildman–Crippen LogP) is 4.80. The molecule has 2 aliphatic rings. The largest absolute Gasteiger partial charge is 0.467 e. The van der Waals surface area contributed by atoms with Crippen LogP contribution < -0.4 is 10.1 Å². The summed E-state index contributed by atoms with van der Waals surface area (Å²) in [6.45, 7) is 5.72. The number of amides is 2. The number of urea groups is 1. The molecule has 1 N–H and O–H groups in total. The van der Waals surface area contributed by atoms with E-state index in [1.54, 1.807) is 11.3 Å². The number of hydrogen-bond acceptors (Lipinski definition) is 4. The van der Waals surface area contributed by atoms with Gasteiger partial charge in [-0.15, -0.1) is 0 Å². The number of rotatable bonds is 3. The van der Waals surface area contributed by atoms with Crippen molar-refractivity contribution in [2.24, 2.45) is 0 Å². The summed E-state index contributed by atoms with van der Waals surface area (Å²) < 4.78 is 7.39. The molecule has 6 heteroatoms. The fraction of sp³-hybridized carbons (Fsp3) is 0.619. The van der Waals surface area contributed by atoms with Gasteiger partial charge in [0.1, 0.15) is 6.10 Å². The summed E-state index contributed by atoms with van der Waals surface area (Å²) in [5, 5.41) is 3.98. The molecule has 1 aliphatic heterocycles. The van der Waals surface area contributed by atoms with Gasteiger partial charge in [0.2, 0.25) is 0 Å². The van der Waals surface area contributed by atoms with Gasteiger partial charge in [0, 0.05) is 32.0 Å². The number of nitrogens with one attached hydrogen (secondary N) is 1. The molecule has 27 heavy (non-hydrogen) atoms. The lowest BCUT2D eigenvalue weighted by molar-refractivity contribution is 0.109. The first-order valence-electron chi connectivity index (χ1n) is 10.2. The molecule has 1 saturated heterocycles. The molecular weight excluding hydrogens is 358 g/mol. The quantitative estimate of drug-likeness (QED) is 0.823. The zero-order chi connectivity index (χ0) is 18.8. The van der Waals surface area contributed by atoms with Crippen LogP contribution in [0.2, 0.25) is 0 Å². The van der Waals surface area contributed by atoms with Crippen molar-refractivity contribution in [2.75, 3.05) is 13.1 Å². The molecule has 0 atom stereocenters. The second-order valence-corrected chi connectivity index (χ2v) is 8.91. The summed E-state index contributed by atoms with van der Waals surface area (Å²) in [5.41, 5.74) is 3.49. The van der Waals surface area contributed by atoms with Gasteiger partial charge in [0.25, 0.3) is 5.19 Å². The van der Waals surface area contributed by atoms with Gasteiger partial charge in [0.05, 0.1) is 10.2 Å². The molecule has 2 heterocycles. The van der Waals surface area contributed by atoms with Crippen molar-refractivity contribution in [3.05, 3.63) is 23.3 Å². The number of piperidine rings is 1. The molecule has 5 nitrogen and oxygen atoms in total. The summed E-state index contributed by atoms with van der Waals surface area (Å²) in [7, 11) is 0. The van der Waals surface area contributed by atoms with Crippen LogP contribution in [0, 0.1) is 13.8 Å². The number of ether oxygens (including phenoxy) is 1. The maximum Gasteiger partial charge on any atom is 0.317 e. The van der Waals surface area contributed by atoms with E-state index in [4.69, 9.17) is 9.72 Å². The van der Waals surface area contributed by atoms with Crippen LogP contribution in [0.5, 0.6) is 5.19 Å². The molecule has 1 saturated carbocycles. The van der Waals surface area contributed by atoms with Crippen LogP contribution in [0.15, 0.2) is 12.1 Å². The standard InChI is InChI=1S/C21H29N3O2S/c1-14-8-9-15(2)19-18(14)23-21(27-19)26-17-10-12-24(13-11-17)20(25)22-16-6-4-3-5-7-16/h8-9,16-17H,3-7,10-13H2,1-2H3,(H,22,25). The molecule has 0 radical (unpaired) electrons. The Labute approximate surface area is 165 Å². The number of aromatic nitrogens is 1. The van der Waals surface area contributed by atoms with Gasteiger partial charge >= 0.3 is 6.03 Å². The van der Waals surface area contributed by atoms with Gasteiger partial charge in [-0.2, -0.15) is 0 Å². The van der Waals surface area contributed by atoms with E-state index in [2.05, 4.69) is 31.3 Å². The highest BCUT2D eigenvalue weighted by atomic mass is 32.1. The van der Waals surface area contributed by atoms with E-state index in [0.717, 1.165) is 49.5 Å². The molecule has 146 valence electrons. The van der Waals surface area contributed by atoms with E-state index in [1.807, 2.05) is 4.90 Å². The molecule has 1 aromatic carbocycles. The Morgan fingerprint density at radius 3 is 2.52 bits per heavy atom. The first-order chi connectivity index (χ1) is 13.1. The monoisotopic (exact) mass is 387 g/mol. The number of aryl methyl sites for hydroxylation is 2. The highest BCUT2D eigenvalue weighted by molar-refractivity contribution is 7.20. The van der Waals surface area contributed by atoms with Gasteiger partial charge in [-0.25, -0.2) is 9.78 Å².